The number of para-hydroxylation sites is 1. The number of hydrogen-bond acceptors (Lipinski definition) is 4. The Morgan fingerprint density at radius 3 is 2.58 bits per heavy atom. The highest BCUT2D eigenvalue weighted by Gasteiger charge is 2.18. The fraction of sp³-hybridized carbons (Fsp3) is 0.462. The van der Waals surface area contributed by atoms with Crippen molar-refractivity contribution in [3.63, 3.8) is 0 Å². The molecule has 0 aliphatic heterocycles. The molecule has 0 aliphatic rings. The van der Waals surface area contributed by atoms with Crippen LogP contribution in [0, 0.1) is 16.0 Å². The zero-order valence-corrected chi connectivity index (χ0v) is 11.0. The summed E-state index contributed by atoms with van der Waals surface area (Å²) in [4.78, 5) is 21.2. The molecular weight excluding hydrogens is 248 g/mol. The first-order chi connectivity index (χ1) is 8.91. The van der Waals surface area contributed by atoms with Crippen molar-refractivity contribution in [3.8, 4) is 0 Å². The van der Waals surface area contributed by atoms with Crippen molar-refractivity contribution in [1.29, 1.82) is 0 Å². The Balaban J connectivity index is 2.74. The van der Waals surface area contributed by atoms with Gasteiger partial charge in [0.15, 0.2) is 0 Å². The van der Waals surface area contributed by atoms with E-state index in [1.165, 1.54) is 6.07 Å². The van der Waals surface area contributed by atoms with E-state index in [1.807, 2.05) is 13.8 Å². The SMILES string of the molecule is CC(C)[C@@H](CC(=O)O)NCc1ccccc1[N+](=O)[O-]. The summed E-state index contributed by atoms with van der Waals surface area (Å²) in [6.45, 7) is 4.12. The van der Waals surface area contributed by atoms with E-state index in [0.29, 0.717) is 5.56 Å². The smallest absolute Gasteiger partial charge is 0.304 e. The lowest BCUT2D eigenvalue weighted by atomic mass is 10.0. The highest BCUT2D eigenvalue weighted by atomic mass is 16.6. The summed E-state index contributed by atoms with van der Waals surface area (Å²) in [5.74, 6) is -0.743. The van der Waals surface area contributed by atoms with Gasteiger partial charge in [-0.15, -0.1) is 0 Å². The average molecular weight is 266 g/mol. The number of benzene rings is 1. The zero-order valence-electron chi connectivity index (χ0n) is 11.0. The van der Waals surface area contributed by atoms with E-state index in [2.05, 4.69) is 5.32 Å². The zero-order chi connectivity index (χ0) is 14.4. The standard InChI is InChI=1S/C13H18N2O4/c1-9(2)11(7-13(16)17)14-8-10-5-3-4-6-12(10)15(18)19/h3-6,9,11,14H,7-8H2,1-2H3,(H,16,17)/t11-/m1/s1. The van der Waals surface area contributed by atoms with E-state index in [-0.39, 0.29) is 30.6 Å². The molecule has 6 heteroatoms. The number of carboxylic acid groups (broad SMARTS) is 1. The molecule has 1 aromatic carbocycles. The summed E-state index contributed by atoms with van der Waals surface area (Å²) in [5.41, 5.74) is 0.608. The number of nitrogens with zero attached hydrogens (tertiary/aromatic N) is 1. The Morgan fingerprint density at radius 1 is 1.42 bits per heavy atom. The molecular formula is C13H18N2O4. The lowest BCUT2D eigenvalue weighted by Crippen LogP contribution is -2.35. The van der Waals surface area contributed by atoms with Gasteiger partial charge in [0.2, 0.25) is 0 Å². The third-order valence-electron chi connectivity index (χ3n) is 2.94. The van der Waals surface area contributed by atoms with Gasteiger partial charge in [-0.2, -0.15) is 0 Å². The van der Waals surface area contributed by atoms with Crippen LogP contribution in [-0.2, 0) is 11.3 Å². The van der Waals surface area contributed by atoms with Crippen LogP contribution in [0.4, 0.5) is 5.69 Å². The highest BCUT2D eigenvalue weighted by Crippen LogP contribution is 2.18. The van der Waals surface area contributed by atoms with Gasteiger partial charge in [0.1, 0.15) is 0 Å². The molecule has 0 saturated heterocycles. The predicted molar refractivity (Wildman–Crippen MR) is 70.8 cm³/mol. The number of nitro groups is 1. The number of aliphatic carboxylic acids is 1. The van der Waals surface area contributed by atoms with Crippen LogP contribution in [-0.4, -0.2) is 22.0 Å². The van der Waals surface area contributed by atoms with E-state index in [1.54, 1.807) is 18.2 Å². The number of hydrogen-bond donors (Lipinski definition) is 2. The quantitative estimate of drug-likeness (QED) is 0.583. The van der Waals surface area contributed by atoms with Crippen LogP contribution in [0.2, 0.25) is 0 Å². The fourth-order valence-corrected chi connectivity index (χ4v) is 1.81. The summed E-state index contributed by atoms with van der Waals surface area (Å²) >= 11 is 0. The Bertz CT molecular complexity index is 460. The summed E-state index contributed by atoms with van der Waals surface area (Å²) in [7, 11) is 0. The molecule has 1 aromatic rings. The van der Waals surface area contributed by atoms with Gasteiger partial charge in [0.05, 0.1) is 11.3 Å². The predicted octanol–water partition coefficient (Wildman–Crippen LogP) is 2.18. The molecule has 1 atom stereocenters. The first-order valence-electron chi connectivity index (χ1n) is 6.09. The summed E-state index contributed by atoms with van der Waals surface area (Å²) < 4.78 is 0. The van der Waals surface area contributed by atoms with Crippen molar-refractivity contribution >= 4 is 11.7 Å². The van der Waals surface area contributed by atoms with Crippen molar-refractivity contribution in [2.45, 2.75) is 32.9 Å². The third kappa shape index (κ3) is 4.67. The second-order valence-corrected chi connectivity index (χ2v) is 4.72. The number of nitro benzene ring substituents is 1. The minimum atomic E-state index is -0.881. The third-order valence-corrected chi connectivity index (χ3v) is 2.94. The largest absolute Gasteiger partial charge is 0.481 e. The molecule has 2 N–H and O–H groups in total. The average Bonchev–Trinajstić information content (AvgIpc) is 2.34. The molecule has 104 valence electrons. The maximum absolute atomic E-state index is 10.9. The van der Waals surface area contributed by atoms with Crippen LogP contribution < -0.4 is 5.32 Å². The van der Waals surface area contributed by atoms with Gasteiger partial charge in [-0.25, -0.2) is 0 Å². The van der Waals surface area contributed by atoms with E-state index in [9.17, 15) is 14.9 Å². The molecule has 19 heavy (non-hydrogen) atoms. The molecule has 0 aliphatic carbocycles. The molecule has 0 radical (unpaired) electrons. The fourth-order valence-electron chi connectivity index (χ4n) is 1.81. The maximum atomic E-state index is 10.9. The van der Waals surface area contributed by atoms with E-state index >= 15 is 0 Å². The van der Waals surface area contributed by atoms with Crippen LogP contribution in [0.15, 0.2) is 24.3 Å². The number of nitrogens with one attached hydrogen (secondary N) is 1. The van der Waals surface area contributed by atoms with Crippen molar-refractivity contribution < 1.29 is 14.8 Å². The Hall–Kier alpha value is -1.95. The molecule has 0 saturated carbocycles. The van der Waals surface area contributed by atoms with Gasteiger partial charge in [0.25, 0.3) is 5.69 Å². The second-order valence-electron chi connectivity index (χ2n) is 4.72. The van der Waals surface area contributed by atoms with Crippen molar-refractivity contribution in [1.82, 2.24) is 5.32 Å². The molecule has 0 heterocycles. The molecule has 0 aromatic heterocycles. The first-order valence-corrected chi connectivity index (χ1v) is 6.09. The molecule has 0 spiro atoms. The van der Waals surface area contributed by atoms with Crippen LogP contribution in [0.1, 0.15) is 25.8 Å². The van der Waals surface area contributed by atoms with Crippen LogP contribution in [0.25, 0.3) is 0 Å². The van der Waals surface area contributed by atoms with Crippen LogP contribution in [0.3, 0.4) is 0 Å². The lowest BCUT2D eigenvalue weighted by molar-refractivity contribution is -0.385. The van der Waals surface area contributed by atoms with Gasteiger partial charge in [-0.05, 0) is 5.92 Å². The van der Waals surface area contributed by atoms with Crippen molar-refractivity contribution in [3.05, 3.63) is 39.9 Å². The Kier molecular flexibility index (Phi) is 5.44. The maximum Gasteiger partial charge on any atom is 0.304 e. The Morgan fingerprint density at radius 2 is 2.05 bits per heavy atom. The lowest BCUT2D eigenvalue weighted by Gasteiger charge is -2.20. The molecule has 0 fully saturated rings. The van der Waals surface area contributed by atoms with Gasteiger partial charge in [0, 0.05) is 24.2 Å². The summed E-state index contributed by atoms with van der Waals surface area (Å²) in [6.07, 6.45) is -0.00169. The summed E-state index contributed by atoms with van der Waals surface area (Å²) in [6, 6.07) is 6.24. The molecule has 0 bridgehead atoms. The monoisotopic (exact) mass is 266 g/mol. The topological polar surface area (TPSA) is 92.5 Å². The van der Waals surface area contributed by atoms with Gasteiger partial charge >= 0.3 is 5.97 Å². The normalized spacial score (nSPS) is 12.4. The van der Waals surface area contributed by atoms with Gasteiger partial charge in [-0.3, -0.25) is 14.9 Å². The van der Waals surface area contributed by atoms with Crippen molar-refractivity contribution in [2.75, 3.05) is 0 Å². The summed E-state index contributed by atoms with van der Waals surface area (Å²) in [5, 5.41) is 22.8. The van der Waals surface area contributed by atoms with Crippen LogP contribution >= 0.6 is 0 Å². The second kappa shape index (κ2) is 6.84. The number of carbonyl (C=O) groups is 1. The molecule has 1 rings (SSSR count). The molecule has 0 unspecified atom stereocenters. The Labute approximate surface area is 111 Å². The number of carboxylic acids is 1. The number of rotatable bonds is 7. The van der Waals surface area contributed by atoms with Crippen LogP contribution in [0.5, 0.6) is 0 Å². The van der Waals surface area contributed by atoms with Gasteiger partial charge < -0.3 is 10.4 Å². The van der Waals surface area contributed by atoms with Gasteiger partial charge in [-0.1, -0.05) is 32.0 Å². The minimum Gasteiger partial charge on any atom is -0.481 e. The molecule has 6 nitrogen and oxygen atoms in total. The minimum absolute atomic E-state index is 0.00169. The van der Waals surface area contributed by atoms with E-state index < -0.39 is 10.9 Å². The van der Waals surface area contributed by atoms with E-state index in [4.69, 9.17) is 5.11 Å². The van der Waals surface area contributed by atoms with E-state index in [0.717, 1.165) is 0 Å². The first kappa shape index (κ1) is 15.1. The molecule has 0 amide bonds. The highest BCUT2D eigenvalue weighted by molar-refractivity contribution is 5.67. The van der Waals surface area contributed by atoms with Crippen molar-refractivity contribution in [2.24, 2.45) is 5.92 Å².